The molecule has 0 aliphatic rings. The Bertz CT molecular complexity index is 169. The Hall–Kier alpha value is -1.21. The molecule has 0 aromatic heterocycles. The molecule has 0 bridgehead atoms. The number of nitriles is 1. The third-order valence-electron chi connectivity index (χ3n) is 0.640. The predicted octanol–water partition coefficient (Wildman–Crippen LogP) is 0.772. The van der Waals surface area contributed by atoms with Gasteiger partial charge >= 0.3 is 0 Å². The van der Waals surface area contributed by atoms with Crippen molar-refractivity contribution in [1.82, 2.24) is 0 Å². The van der Waals surface area contributed by atoms with E-state index in [0.717, 1.165) is 6.08 Å². The Morgan fingerprint density at radius 2 is 2.50 bits per heavy atom. The largest absolute Gasteiger partial charge is 0.364 e. The van der Waals surface area contributed by atoms with Gasteiger partial charge in [0, 0.05) is 24.9 Å². The summed E-state index contributed by atoms with van der Waals surface area (Å²) in [5, 5.41) is 16.0. The normalized spacial score (nSPS) is 14.1. The summed E-state index contributed by atoms with van der Waals surface area (Å²) >= 11 is 0. The first-order chi connectivity index (χ1) is 4.77. The average Bonchev–Trinajstić information content (AvgIpc) is 1.87. The summed E-state index contributed by atoms with van der Waals surface area (Å²) in [6.07, 6.45) is 1.57. The van der Waals surface area contributed by atoms with Crippen molar-refractivity contribution in [1.29, 1.82) is 5.26 Å². The van der Waals surface area contributed by atoms with Crippen LogP contribution in [0.5, 0.6) is 0 Å². The van der Waals surface area contributed by atoms with Gasteiger partial charge in [0.25, 0.3) is 0 Å². The number of aliphatic imine (C=N–C) groups is 1. The molecule has 0 saturated carbocycles. The first kappa shape index (κ1) is 8.79. The molecule has 0 heterocycles. The summed E-state index contributed by atoms with van der Waals surface area (Å²) in [5.74, 6) is 0. The summed E-state index contributed by atoms with van der Waals surface area (Å²) in [7, 11) is 0. The second kappa shape index (κ2) is 5.92. The highest BCUT2D eigenvalue weighted by Crippen LogP contribution is 1.87. The Morgan fingerprint density at radius 1 is 1.80 bits per heavy atom. The number of aliphatic hydroxyl groups is 1. The third-order valence-corrected chi connectivity index (χ3v) is 0.640. The van der Waals surface area contributed by atoms with Gasteiger partial charge in [-0.2, -0.15) is 5.26 Å². The number of hydrogen-bond acceptors (Lipinski definition) is 3. The van der Waals surface area contributed by atoms with Gasteiger partial charge < -0.3 is 5.11 Å². The van der Waals surface area contributed by atoms with E-state index in [1.807, 2.05) is 0 Å². The van der Waals surface area contributed by atoms with Crippen molar-refractivity contribution in [3.63, 3.8) is 0 Å². The zero-order chi connectivity index (χ0) is 7.82. The maximum Gasteiger partial charge on any atom is 0.201 e. The standard InChI is InChI=1S/C6H7FN2O/c7-6(10)2-5-9-4-1-3-8/h1,4-6,10H,2H2. The number of aliphatic hydroxyl groups excluding tert-OH is 1. The van der Waals surface area contributed by atoms with Crippen LogP contribution >= 0.6 is 0 Å². The highest BCUT2D eigenvalue weighted by molar-refractivity contribution is 5.58. The van der Waals surface area contributed by atoms with E-state index in [1.165, 1.54) is 12.4 Å². The monoisotopic (exact) mass is 142 g/mol. The van der Waals surface area contributed by atoms with E-state index >= 15 is 0 Å². The Balaban J connectivity index is 3.40. The summed E-state index contributed by atoms with van der Waals surface area (Å²) in [5.41, 5.74) is 0. The van der Waals surface area contributed by atoms with Gasteiger partial charge in [-0.25, -0.2) is 4.39 Å². The molecule has 0 fully saturated rings. The van der Waals surface area contributed by atoms with Gasteiger partial charge in [0.2, 0.25) is 6.36 Å². The van der Waals surface area contributed by atoms with Crippen molar-refractivity contribution >= 4 is 6.21 Å². The lowest BCUT2D eigenvalue weighted by Gasteiger charge is -1.89. The zero-order valence-corrected chi connectivity index (χ0v) is 5.24. The number of allylic oxidation sites excluding steroid dienone is 1. The summed E-state index contributed by atoms with van der Waals surface area (Å²) in [6, 6.07) is 1.71. The number of halogens is 1. The third kappa shape index (κ3) is 6.79. The second-order valence-electron chi connectivity index (χ2n) is 1.45. The quantitative estimate of drug-likeness (QED) is 0.467. The van der Waals surface area contributed by atoms with Crippen molar-refractivity contribution in [2.45, 2.75) is 12.8 Å². The highest BCUT2D eigenvalue weighted by atomic mass is 19.1. The van der Waals surface area contributed by atoms with Crippen LogP contribution in [0, 0.1) is 11.3 Å². The van der Waals surface area contributed by atoms with Gasteiger partial charge in [0.1, 0.15) is 0 Å². The molecule has 0 aromatic carbocycles. The summed E-state index contributed by atoms with van der Waals surface area (Å²) in [4.78, 5) is 3.47. The molecule has 0 rings (SSSR count). The fourth-order valence-corrected chi connectivity index (χ4v) is 0.285. The number of nitrogens with zero attached hydrogens (tertiary/aromatic N) is 2. The van der Waals surface area contributed by atoms with E-state index in [2.05, 4.69) is 4.99 Å². The number of rotatable bonds is 3. The molecule has 0 aliphatic heterocycles. The lowest BCUT2D eigenvalue weighted by atomic mass is 10.5. The van der Waals surface area contributed by atoms with E-state index in [4.69, 9.17) is 10.4 Å². The number of hydrogen-bond donors (Lipinski definition) is 1. The van der Waals surface area contributed by atoms with Gasteiger partial charge in [-0.15, -0.1) is 0 Å². The molecular weight excluding hydrogens is 135 g/mol. The van der Waals surface area contributed by atoms with E-state index in [9.17, 15) is 4.39 Å². The number of alkyl halides is 1. The fourth-order valence-electron chi connectivity index (χ4n) is 0.285. The van der Waals surface area contributed by atoms with Gasteiger partial charge in [0.05, 0.1) is 6.07 Å². The van der Waals surface area contributed by atoms with Crippen LogP contribution in [0.3, 0.4) is 0 Å². The van der Waals surface area contributed by atoms with E-state index in [1.54, 1.807) is 6.07 Å². The molecule has 0 aromatic rings. The smallest absolute Gasteiger partial charge is 0.201 e. The molecule has 4 heteroatoms. The maximum absolute atomic E-state index is 11.6. The van der Waals surface area contributed by atoms with Crippen molar-refractivity contribution in [2.24, 2.45) is 4.99 Å². The van der Waals surface area contributed by atoms with E-state index in [0.29, 0.717) is 0 Å². The molecule has 0 amide bonds. The van der Waals surface area contributed by atoms with Crippen molar-refractivity contribution in [3.8, 4) is 6.07 Å². The van der Waals surface area contributed by atoms with Crippen LogP contribution in [0.15, 0.2) is 17.3 Å². The minimum atomic E-state index is -1.86. The van der Waals surface area contributed by atoms with Crippen LogP contribution in [0.2, 0.25) is 0 Å². The molecule has 3 nitrogen and oxygen atoms in total. The molecule has 10 heavy (non-hydrogen) atoms. The molecule has 1 N–H and O–H groups in total. The molecule has 0 spiro atoms. The van der Waals surface area contributed by atoms with Crippen LogP contribution in [0.1, 0.15) is 6.42 Å². The molecule has 1 unspecified atom stereocenters. The van der Waals surface area contributed by atoms with Crippen LogP contribution < -0.4 is 0 Å². The maximum atomic E-state index is 11.6. The Kier molecular flexibility index (Phi) is 5.20. The van der Waals surface area contributed by atoms with Gasteiger partial charge in [-0.1, -0.05) is 0 Å². The molecule has 54 valence electrons. The van der Waals surface area contributed by atoms with Crippen LogP contribution in [0.25, 0.3) is 0 Å². The van der Waals surface area contributed by atoms with Crippen molar-refractivity contribution < 1.29 is 9.50 Å². The van der Waals surface area contributed by atoms with Gasteiger partial charge in [-0.05, 0) is 0 Å². The minimum absolute atomic E-state index is 0.143. The van der Waals surface area contributed by atoms with Gasteiger partial charge in [0.15, 0.2) is 0 Å². The van der Waals surface area contributed by atoms with E-state index in [-0.39, 0.29) is 6.42 Å². The SMILES string of the molecule is N#CC=CN=CCC(O)F. The van der Waals surface area contributed by atoms with E-state index < -0.39 is 6.36 Å². The Morgan fingerprint density at radius 3 is 3.00 bits per heavy atom. The zero-order valence-electron chi connectivity index (χ0n) is 5.24. The van der Waals surface area contributed by atoms with Crippen LogP contribution in [0.4, 0.5) is 4.39 Å². The highest BCUT2D eigenvalue weighted by Gasteiger charge is 1.92. The molecular formula is C6H7FN2O. The second-order valence-corrected chi connectivity index (χ2v) is 1.45. The molecule has 0 aliphatic carbocycles. The lowest BCUT2D eigenvalue weighted by Crippen LogP contribution is -1.96. The van der Waals surface area contributed by atoms with Gasteiger partial charge in [-0.3, -0.25) is 4.99 Å². The van der Waals surface area contributed by atoms with Crippen LogP contribution in [-0.2, 0) is 0 Å². The average molecular weight is 142 g/mol. The fraction of sp³-hybridized carbons (Fsp3) is 0.333. The van der Waals surface area contributed by atoms with Crippen molar-refractivity contribution in [2.75, 3.05) is 0 Å². The molecule has 1 atom stereocenters. The predicted molar refractivity (Wildman–Crippen MR) is 35.0 cm³/mol. The summed E-state index contributed by atoms with van der Waals surface area (Å²) in [6.45, 7) is 0. The topological polar surface area (TPSA) is 56.4 Å². The first-order valence-electron chi connectivity index (χ1n) is 2.65. The molecule has 0 radical (unpaired) electrons. The first-order valence-corrected chi connectivity index (χ1v) is 2.65. The molecule has 0 saturated heterocycles. The van der Waals surface area contributed by atoms with Crippen molar-refractivity contribution in [3.05, 3.63) is 12.3 Å². The van der Waals surface area contributed by atoms with Crippen LogP contribution in [-0.4, -0.2) is 17.7 Å². The summed E-state index contributed by atoms with van der Waals surface area (Å²) < 4.78 is 11.6. The minimum Gasteiger partial charge on any atom is -0.364 e. The lowest BCUT2D eigenvalue weighted by molar-refractivity contribution is 0.0504. The Labute approximate surface area is 58.1 Å².